The Bertz CT molecular complexity index is 868. The van der Waals surface area contributed by atoms with Crippen molar-refractivity contribution in [3.05, 3.63) is 57.5 Å². The lowest BCUT2D eigenvalue weighted by atomic mass is 10.1. The molecule has 2 aromatic rings. The van der Waals surface area contributed by atoms with Gasteiger partial charge < -0.3 is 14.7 Å². The number of fused-ring (bicyclic) bond motifs is 1. The van der Waals surface area contributed by atoms with Gasteiger partial charge in [0.25, 0.3) is 0 Å². The van der Waals surface area contributed by atoms with Crippen molar-refractivity contribution in [3.8, 4) is 5.88 Å². The zero-order valence-corrected chi connectivity index (χ0v) is 15.0. The molecule has 1 aromatic carbocycles. The van der Waals surface area contributed by atoms with Gasteiger partial charge in [-0.2, -0.15) is 0 Å². The molecular formula is C18H15Cl2FN2O3. The fraction of sp³-hybridized carbons (Fsp3) is 0.333. The molecule has 0 bridgehead atoms. The van der Waals surface area contributed by atoms with E-state index in [0.29, 0.717) is 34.6 Å². The number of likely N-dealkylation sites (tertiary alicyclic amines) is 1. The summed E-state index contributed by atoms with van der Waals surface area (Å²) >= 11 is 12.0. The molecule has 1 unspecified atom stereocenters. The second kappa shape index (κ2) is 6.59. The summed E-state index contributed by atoms with van der Waals surface area (Å²) in [5, 5.41) is 9.92. The van der Waals surface area contributed by atoms with Crippen LogP contribution in [0.5, 0.6) is 5.88 Å². The number of amides is 1. The third-order valence-electron chi connectivity index (χ3n) is 5.02. The van der Waals surface area contributed by atoms with E-state index in [1.54, 1.807) is 24.3 Å². The van der Waals surface area contributed by atoms with Crippen LogP contribution in [0.25, 0.3) is 0 Å². The van der Waals surface area contributed by atoms with E-state index in [1.807, 2.05) is 0 Å². The molecule has 3 atom stereocenters. The topological polar surface area (TPSA) is 62.7 Å². The highest BCUT2D eigenvalue weighted by atomic mass is 35.5. The maximum atomic E-state index is 13.8. The highest BCUT2D eigenvalue weighted by Gasteiger charge is 2.58. The number of piperidine rings is 1. The van der Waals surface area contributed by atoms with Crippen LogP contribution in [0.2, 0.25) is 10.0 Å². The largest absolute Gasteiger partial charge is 0.473 e. The van der Waals surface area contributed by atoms with Gasteiger partial charge in [-0.15, -0.1) is 0 Å². The molecule has 1 aliphatic heterocycles. The van der Waals surface area contributed by atoms with Gasteiger partial charge in [-0.3, -0.25) is 0 Å². The van der Waals surface area contributed by atoms with Crippen LogP contribution in [0.15, 0.2) is 30.3 Å². The summed E-state index contributed by atoms with van der Waals surface area (Å²) in [5.41, 5.74) is 1.11. The number of carbonyl (C=O) groups is 1. The Morgan fingerprint density at radius 2 is 2.00 bits per heavy atom. The van der Waals surface area contributed by atoms with E-state index in [2.05, 4.69) is 4.98 Å². The smallest absolute Gasteiger partial charge is 0.407 e. The zero-order chi connectivity index (χ0) is 18.4. The van der Waals surface area contributed by atoms with Crippen molar-refractivity contribution in [1.82, 2.24) is 9.88 Å². The van der Waals surface area contributed by atoms with Crippen molar-refractivity contribution in [3.63, 3.8) is 0 Å². The fourth-order valence-corrected chi connectivity index (χ4v) is 4.02. The summed E-state index contributed by atoms with van der Waals surface area (Å²) in [6, 6.07) is 7.76. The third kappa shape index (κ3) is 3.19. The number of nitrogens with zero attached hydrogens (tertiary/aromatic N) is 2. The molecule has 1 aliphatic carbocycles. The molecule has 1 saturated heterocycles. The molecule has 5 nitrogen and oxygen atoms in total. The lowest BCUT2D eigenvalue weighted by Crippen LogP contribution is -2.29. The van der Waals surface area contributed by atoms with E-state index >= 15 is 0 Å². The Morgan fingerprint density at radius 1 is 1.27 bits per heavy atom. The quantitative estimate of drug-likeness (QED) is 0.829. The van der Waals surface area contributed by atoms with Crippen LogP contribution in [0, 0.1) is 17.7 Å². The number of benzene rings is 1. The number of hydrogen-bond acceptors (Lipinski definition) is 3. The monoisotopic (exact) mass is 396 g/mol. The van der Waals surface area contributed by atoms with Crippen molar-refractivity contribution < 1.29 is 19.0 Å². The van der Waals surface area contributed by atoms with E-state index < -0.39 is 11.9 Å². The summed E-state index contributed by atoms with van der Waals surface area (Å²) in [5.74, 6) is 0.574. The Labute approximate surface area is 159 Å². The molecule has 2 aliphatic rings. The molecule has 0 radical (unpaired) electrons. The predicted molar refractivity (Wildman–Crippen MR) is 94.3 cm³/mol. The Hall–Kier alpha value is -2.05. The minimum absolute atomic E-state index is 0.0292. The van der Waals surface area contributed by atoms with Gasteiger partial charge in [0, 0.05) is 35.7 Å². The van der Waals surface area contributed by atoms with Gasteiger partial charge in [-0.05, 0) is 30.0 Å². The van der Waals surface area contributed by atoms with Gasteiger partial charge in [0.2, 0.25) is 5.88 Å². The van der Waals surface area contributed by atoms with Crippen LogP contribution >= 0.6 is 23.2 Å². The molecule has 0 spiro atoms. The van der Waals surface area contributed by atoms with Crippen LogP contribution in [-0.4, -0.2) is 34.2 Å². The summed E-state index contributed by atoms with van der Waals surface area (Å²) in [4.78, 5) is 16.9. The van der Waals surface area contributed by atoms with Crippen molar-refractivity contribution in [2.24, 2.45) is 11.8 Å². The first-order chi connectivity index (χ1) is 12.4. The Morgan fingerprint density at radius 3 is 2.65 bits per heavy atom. The lowest BCUT2D eigenvalue weighted by molar-refractivity contribution is 0.150. The maximum Gasteiger partial charge on any atom is 0.407 e. The van der Waals surface area contributed by atoms with E-state index in [4.69, 9.17) is 33.0 Å². The van der Waals surface area contributed by atoms with E-state index in [-0.39, 0.29) is 24.4 Å². The number of carboxylic acid groups (broad SMARTS) is 1. The van der Waals surface area contributed by atoms with Crippen molar-refractivity contribution in [2.45, 2.75) is 12.5 Å². The van der Waals surface area contributed by atoms with Gasteiger partial charge >= 0.3 is 6.09 Å². The Kier molecular flexibility index (Phi) is 4.40. The maximum absolute atomic E-state index is 13.8. The molecule has 1 saturated carbocycles. The average Bonchev–Trinajstić information content (AvgIpc) is 3.07. The summed E-state index contributed by atoms with van der Waals surface area (Å²) in [6.07, 6.45) is -0.892. The summed E-state index contributed by atoms with van der Waals surface area (Å²) < 4.78 is 19.4. The first-order valence-corrected chi connectivity index (χ1v) is 8.90. The second-order valence-corrected chi connectivity index (χ2v) is 7.43. The van der Waals surface area contributed by atoms with Crippen LogP contribution in [0.4, 0.5) is 9.18 Å². The SMILES string of the molecule is O=C(O)N1C[C@@H]2C(c3nc(OCc4ccc(Cl)cc4F)ccc3Cl)[C@@H]2C1. The Balaban J connectivity index is 1.45. The summed E-state index contributed by atoms with van der Waals surface area (Å²) in [7, 11) is 0. The number of pyridine rings is 1. The number of aromatic nitrogens is 1. The average molecular weight is 397 g/mol. The molecule has 136 valence electrons. The van der Waals surface area contributed by atoms with E-state index in [0.717, 1.165) is 5.69 Å². The zero-order valence-electron chi connectivity index (χ0n) is 13.5. The molecule has 1 aromatic heterocycles. The highest BCUT2D eigenvalue weighted by molar-refractivity contribution is 6.31. The fourth-order valence-electron chi connectivity index (χ4n) is 3.63. The molecule has 2 fully saturated rings. The molecular weight excluding hydrogens is 382 g/mol. The molecule has 2 heterocycles. The van der Waals surface area contributed by atoms with Gasteiger partial charge in [0.1, 0.15) is 12.4 Å². The number of halogens is 3. The van der Waals surface area contributed by atoms with Crippen LogP contribution in [-0.2, 0) is 6.61 Å². The normalized spacial score (nSPS) is 23.7. The highest BCUT2D eigenvalue weighted by Crippen LogP contribution is 2.59. The minimum atomic E-state index is -0.892. The molecule has 4 rings (SSSR count). The van der Waals surface area contributed by atoms with E-state index in [9.17, 15) is 9.18 Å². The first kappa shape index (κ1) is 17.4. The van der Waals surface area contributed by atoms with Crippen molar-refractivity contribution >= 4 is 29.3 Å². The van der Waals surface area contributed by atoms with Gasteiger partial charge in [0.15, 0.2) is 0 Å². The second-order valence-electron chi connectivity index (χ2n) is 6.58. The molecule has 1 amide bonds. The number of hydrogen-bond donors (Lipinski definition) is 1. The first-order valence-electron chi connectivity index (χ1n) is 8.15. The third-order valence-corrected chi connectivity index (χ3v) is 5.57. The van der Waals surface area contributed by atoms with Gasteiger partial charge in [0.05, 0.1) is 10.7 Å². The van der Waals surface area contributed by atoms with E-state index in [1.165, 1.54) is 11.0 Å². The minimum Gasteiger partial charge on any atom is -0.473 e. The van der Waals surface area contributed by atoms with Gasteiger partial charge in [-0.1, -0.05) is 29.3 Å². The molecule has 26 heavy (non-hydrogen) atoms. The summed E-state index contributed by atoms with van der Waals surface area (Å²) in [6.45, 7) is 1.04. The van der Waals surface area contributed by atoms with Crippen LogP contribution < -0.4 is 4.74 Å². The molecule has 1 N–H and O–H groups in total. The van der Waals surface area contributed by atoms with Crippen molar-refractivity contribution in [2.75, 3.05) is 13.1 Å². The lowest BCUT2D eigenvalue weighted by Gasteiger charge is -2.16. The van der Waals surface area contributed by atoms with Crippen molar-refractivity contribution in [1.29, 1.82) is 0 Å². The van der Waals surface area contributed by atoms with Gasteiger partial charge in [-0.25, -0.2) is 14.2 Å². The van der Waals surface area contributed by atoms with Crippen LogP contribution in [0.3, 0.4) is 0 Å². The molecule has 8 heteroatoms. The number of rotatable bonds is 4. The predicted octanol–water partition coefficient (Wildman–Crippen LogP) is 4.43. The van der Waals surface area contributed by atoms with Crippen LogP contribution in [0.1, 0.15) is 17.2 Å². The number of ether oxygens (including phenoxy) is 1. The standard InChI is InChI=1S/C18H15Cl2FN2O3/c19-10-2-1-9(14(21)5-10)8-26-15-4-3-13(20)17(22-15)16-11-6-23(18(24)25)7-12(11)16/h1-5,11-12,16H,6-8H2,(H,24,25)/t11-,12+,16?.